The number of aromatic nitrogens is 2. The van der Waals surface area contributed by atoms with Crippen LogP contribution >= 0.6 is 0 Å². The summed E-state index contributed by atoms with van der Waals surface area (Å²) in [5, 5.41) is 7.13. The van der Waals surface area contributed by atoms with Crippen molar-refractivity contribution in [3.63, 3.8) is 0 Å². The Morgan fingerprint density at radius 3 is 2.50 bits per heavy atom. The second kappa shape index (κ2) is 5.36. The minimum absolute atomic E-state index is 0.112. The molecule has 0 saturated carbocycles. The number of amides is 1. The number of aryl methyl sites for hydroxylation is 3. The van der Waals surface area contributed by atoms with Crippen LogP contribution in [0.4, 0.5) is 11.4 Å². The van der Waals surface area contributed by atoms with Crippen molar-refractivity contribution >= 4 is 17.3 Å². The summed E-state index contributed by atoms with van der Waals surface area (Å²) < 4.78 is 1.63. The van der Waals surface area contributed by atoms with E-state index in [0.29, 0.717) is 5.69 Å². The average molecular weight is 272 g/mol. The van der Waals surface area contributed by atoms with Crippen molar-refractivity contribution in [1.82, 2.24) is 9.78 Å². The smallest absolute Gasteiger partial charge is 0.246 e. The Kier molecular flexibility index (Phi) is 3.79. The van der Waals surface area contributed by atoms with E-state index in [1.807, 2.05) is 45.9 Å². The molecule has 0 unspecified atom stereocenters. The van der Waals surface area contributed by atoms with Crippen LogP contribution in [0.3, 0.4) is 0 Å². The van der Waals surface area contributed by atoms with Crippen molar-refractivity contribution in [2.45, 2.75) is 34.2 Å². The number of hydrogen-bond donors (Lipinski definition) is 2. The predicted octanol–water partition coefficient (Wildman–Crippen LogP) is 2.34. The lowest BCUT2D eigenvalue weighted by Crippen LogP contribution is -2.20. The summed E-state index contributed by atoms with van der Waals surface area (Å²) in [7, 11) is 0. The van der Waals surface area contributed by atoms with E-state index in [9.17, 15) is 4.79 Å². The fraction of sp³-hybridized carbons (Fsp3) is 0.333. The van der Waals surface area contributed by atoms with Gasteiger partial charge < -0.3 is 11.1 Å². The van der Waals surface area contributed by atoms with Gasteiger partial charge in [0, 0.05) is 5.69 Å². The van der Waals surface area contributed by atoms with Crippen molar-refractivity contribution in [2.24, 2.45) is 0 Å². The molecule has 0 spiro atoms. The molecule has 2 aromatic rings. The van der Waals surface area contributed by atoms with Crippen LogP contribution in [-0.2, 0) is 11.3 Å². The number of nitrogen functional groups attached to an aromatic ring is 1. The van der Waals surface area contributed by atoms with Gasteiger partial charge in [0.05, 0.1) is 17.1 Å². The van der Waals surface area contributed by atoms with Crippen LogP contribution in [0.5, 0.6) is 0 Å². The normalized spacial score (nSPS) is 10.6. The number of carbonyl (C=O) groups is 1. The third kappa shape index (κ3) is 2.82. The predicted molar refractivity (Wildman–Crippen MR) is 80.7 cm³/mol. The zero-order chi connectivity index (χ0) is 14.9. The minimum atomic E-state index is -0.112. The van der Waals surface area contributed by atoms with Gasteiger partial charge in [0.2, 0.25) is 5.91 Å². The molecule has 5 nitrogen and oxygen atoms in total. The van der Waals surface area contributed by atoms with Gasteiger partial charge in [-0.1, -0.05) is 6.07 Å². The van der Waals surface area contributed by atoms with Gasteiger partial charge in [-0.05, 0) is 51.0 Å². The first-order valence-corrected chi connectivity index (χ1v) is 6.55. The number of benzene rings is 1. The number of rotatable bonds is 3. The molecule has 1 amide bonds. The van der Waals surface area contributed by atoms with Crippen molar-refractivity contribution in [2.75, 3.05) is 11.1 Å². The second-order valence-electron chi connectivity index (χ2n) is 5.09. The van der Waals surface area contributed by atoms with E-state index in [2.05, 4.69) is 10.4 Å². The highest BCUT2D eigenvalue weighted by molar-refractivity contribution is 5.90. The number of nitrogens with one attached hydrogen (secondary N) is 1. The van der Waals surface area contributed by atoms with E-state index in [1.54, 1.807) is 4.68 Å². The molecule has 5 heteroatoms. The van der Waals surface area contributed by atoms with Crippen LogP contribution in [-0.4, -0.2) is 15.7 Å². The minimum Gasteiger partial charge on any atom is -0.396 e. The summed E-state index contributed by atoms with van der Waals surface area (Å²) in [6.45, 7) is 7.92. The maximum Gasteiger partial charge on any atom is 0.246 e. The highest BCUT2D eigenvalue weighted by Crippen LogP contribution is 2.16. The van der Waals surface area contributed by atoms with Gasteiger partial charge in [-0.25, -0.2) is 0 Å². The van der Waals surface area contributed by atoms with E-state index in [-0.39, 0.29) is 12.5 Å². The van der Waals surface area contributed by atoms with Gasteiger partial charge in [0.25, 0.3) is 0 Å². The van der Waals surface area contributed by atoms with Crippen molar-refractivity contribution in [3.05, 3.63) is 40.7 Å². The molecule has 0 aliphatic carbocycles. The summed E-state index contributed by atoms with van der Waals surface area (Å²) in [4.78, 5) is 12.0. The molecular weight excluding hydrogens is 252 g/mol. The fourth-order valence-electron chi connectivity index (χ4n) is 2.02. The summed E-state index contributed by atoms with van der Waals surface area (Å²) in [5.41, 5.74) is 11.2. The largest absolute Gasteiger partial charge is 0.396 e. The van der Waals surface area contributed by atoms with Crippen molar-refractivity contribution in [3.8, 4) is 0 Å². The van der Waals surface area contributed by atoms with Crippen LogP contribution in [0.1, 0.15) is 22.5 Å². The van der Waals surface area contributed by atoms with Crippen LogP contribution in [0.25, 0.3) is 0 Å². The molecule has 0 bridgehead atoms. The number of nitrogens with zero attached hydrogens (tertiary/aromatic N) is 2. The third-order valence-electron chi connectivity index (χ3n) is 3.52. The zero-order valence-corrected chi connectivity index (χ0v) is 12.3. The zero-order valence-electron chi connectivity index (χ0n) is 12.3. The van der Waals surface area contributed by atoms with Gasteiger partial charge >= 0.3 is 0 Å². The molecule has 1 aromatic carbocycles. The SMILES string of the molecule is Cc1ccc(NC(=O)Cn2nc(C)c(N)c2C)cc1C. The first-order chi connectivity index (χ1) is 9.38. The highest BCUT2D eigenvalue weighted by Gasteiger charge is 2.11. The van der Waals surface area contributed by atoms with Gasteiger partial charge in [0.15, 0.2) is 0 Å². The molecule has 20 heavy (non-hydrogen) atoms. The van der Waals surface area contributed by atoms with Crippen LogP contribution in [0, 0.1) is 27.7 Å². The highest BCUT2D eigenvalue weighted by atomic mass is 16.2. The monoisotopic (exact) mass is 272 g/mol. The van der Waals surface area contributed by atoms with E-state index in [4.69, 9.17) is 5.73 Å². The van der Waals surface area contributed by atoms with Crippen LogP contribution in [0.2, 0.25) is 0 Å². The molecule has 1 heterocycles. The molecule has 0 saturated heterocycles. The molecule has 0 atom stereocenters. The Hall–Kier alpha value is -2.30. The molecule has 3 N–H and O–H groups in total. The number of nitrogens with two attached hydrogens (primary N) is 1. The van der Waals surface area contributed by atoms with Crippen LogP contribution < -0.4 is 11.1 Å². The van der Waals surface area contributed by atoms with Gasteiger partial charge in [-0.3, -0.25) is 9.48 Å². The number of anilines is 2. The molecule has 0 aliphatic rings. The Labute approximate surface area is 118 Å². The van der Waals surface area contributed by atoms with E-state index < -0.39 is 0 Å². The lowest BCUT2D eigenvalue weighted by atomic mass is 10.1. The summed E-state index contributed by atoms with van der Waals surface area (Å²) >= 11 is 0. The van der Waals surface area contributed by atoms with Crippen molar-refractivity contribution in [1.29, 1.82) is 0 Å². The number of hydrogen-bond acceptors (Lipinski definition) is 3. The topological polar surface area (TPSA) is 72.9 Å². The van der Waals surface area contributed by atoms with Crippen molar-refractivity contribution < 1.29 is 4.79 Å². The molecular formula is C15H20N4O. The molecule has 0 aliphatic heterocycles. The average Bonchev–Trinajstić information content (AvgIpc) is 2.61. The summed E-state index contributed by atoms with van der Waals surface area (Å²) in [6, 6.07) is 5.85. The third-order valence-corrected chi connectivity index (χ3v) is 3.52. The lowest BCUT2D eigenvalue weighted by Gasteiger charge is -2.08. The summed E-state index contributed by atoms with van der Waals surface area (Å²) in [6.07, 6.45) is 0. The standard InChI is InChI=1S/C15H20N4O/c1-9-5-6-13(7-10(9)2)17-14(20)8-19-12(4)15(16)11(3)18-19/h5-7H,8,16H2,1-4H3,(H,17,20). The first kappa shape index (κ1) is 14.1. The molecule has 1 aromatic heterocycles. The van der Waals surface area contributed by atoms with Gasteiger partial charge in [-0.15, -0.1) is 0 Å². The van der Waals surface area contributed by atoms with Crippen LogP contribution in [0.15, 0.2) is 18.2 Å². The molecule has 106 valence electrons. The molecule has 0 radical (unpaired) electrons. The lowest BCUT2D eigenvalue weighted by molar-refractivity contribution is -0.116. The molecule has 0 fully saturated rings. The van der Waals surface area contributed by atoms with Gasteiger partial charge in [-0.2, -0.15) is 5.10 Å². The Balaban J connectivity index is 2.09. The maximum absolute atomic E-state index is 12.0. The van der Waals surface area contributed by atoms with Gasteiger partial charge in [0.1, 0.15) is 6.54 Å². The fourth-order valence-corrected chi connectivity index (χ4v) is 2.02. The first-order valence-electron chi connectivity index (χ1n) is 6.55. The Morgan fingerprint density at radius 2 is 1.95 bits per heavy atom. The Morgan fingerprint density at radius 1 is 1.25 bits per heavy atom. The quantitative estimate of drug-likeness (QED) is 0.900. The molecule has 2 rings (SSSR count). The van der Waals surface area contributed by atoms with E-state index >= 15 is 0 Å². The van der Waals surface area contributed by atoms with E-state index in [1.165, 1.54) is 5.56 Å². The Bertz CT molecular complexity index is 658. The number of carbonyl (C=O) groups excluding carboxylic acids is 1. The summed E-state index contributed by atoms with van der Waals surface area (Å²) in [5.74, 6) is -0.112. The van der Waals surface area contributed by atoms with E-state index in [0.717, 1.165) is 22.6 Å². The second-order valence-corrected chi connectivity index (χ2v) is 5.09. The maximum atomic E-state index is 12.0.